The minimum atomic E-state index is -0.453. The van der Waals surface area contributed by atoms with Crippen molar-refractivity contribution in [1.29, 1.82) is 0 Å². The van der Waals surface area contributed by atoms with Crippen LogP contribution in [0, 0.1) is 17.0 Å². The number of ether oxygens (including phenoxy) is 1. The summed E-state index contributed by atoms with van der Waals surface area (Å²) in [7, 11) is 0. The van der Waals surface area contributed by atoms with Crippen molar-refractivity contribution in [3.05, 3.63) is 33.9 Å². The average Bonchev–Trinajstić information content (AvgIpc) is 2.20. The molecule has 0 spiro atoms. The van der Waals surface area contributed by atoms with Crippen LogP contribution in [0.1, 0.15) is 12.5 Å². The van der Waals surface area contributed by atoms with E-state index in [1.165, 1.54) is 6.07 Å². The van der Waals surface area contributed by atoms with Gasteiger partial charge in [-0.2, -0.15) is 0 Å². The number of nitrogens with zero attached hydrogens (tertiary/aromatic N) is 1. The number of para-hydroxylation sites is 1. The van der Waals surface area contributed by atoms with Crippen LogP contribution in [0.5, 0.6) is 5.75 Å². The summed E-state index contributed by atoms with van der Waals surface area (Å²) in [6, 6.07) is 4.82. The Kier molecular flexibility index (Phi) is 3.62. The molecule has 0 amide bonds. The number of nitrogens with two attached hydrogens (primary N) is 1. The van der Waals surface area contributed by atoms with Crippen LogP contribution in [0.3, 0.4) is 0 Å². The molecule has 0 bridgehead atoms. The van der Waals surface area contributed by atoms with Crippen molar-refractivity contribution in [1.82, 2.24) is 0 Å². The molecule has 1 atom stereocenters. The third-order valence-electron chi connectivity index (χ3n) is 2.04. The fourth-order valence-electron chi connectivity index (χ4n) is 1.18. The van der Waals surface area contributed by atoms with E-state index in [-0.39, 0.29) is 11.8 Å². The van der Waals surface area contributed by atoms with E-state index in [1.807, 2.05) is 0 Å². The molecule has 1 aromatic carbocycles. The highest BCUT2D eigenvalue weighted by atomic mass is 16.6. The molecular formula is C10H14N2O3. The molecule has 0 aromatic heterocycles. The van der Waals surface area contributed by atoms with E-state index in [2.05, 4.69) is 0 Å². The van der Waals surface area contributed by atoms with Crippen LogP contribution in [0.4, 0.5) is 5.69 Å². The van der Waals surface area contributed by atoms with Gasteiger partial charge in [0.2, 0.25) is 0 Å². The molecule has 82 valence electrons. The Morgan fingerprint density at radius 3 is 2.80 bits per heavy atom. The lowest BCUT2D eigenvalue weighted by atomic mass is 10.2. The maximum absolute atomic E-state index is 10.7. The van der Waals surface area contributed by atoms with Gasteiger partial charge in [-0.05, 0) is 19.4 Å². The number of hydrogen-bond donors (Lipinski definition) is 1. The Morgan fingerprint density at radius 2 is 2.27 bits per heavy atom. The smallest absolute Gasteiger partial charge is 0.311 e. The van der Waals surface area contributed by atoms with Gasteiger partial charge in [0.25, 0.3) is 0 Å². The highest BCUT2D eigenvalue weighted by Crippen LogP contribution is 2.30. The van der Waals surface area contributed by atoms with E-state index in [9.17, 15) is 10.1 Å². The topological polar surface area (TPSA) is 78.4 Å². The molecule has 0 aliphatic carbocycles. The summed E-state index contributed by atoms with van der Waals surface area (Å²) in [6.07, 6.45) is -0.232. The lowest BCUT2D eigenvalue weighted by Crippen LogP contribution is -2.23. The Hall–Kier alpha value is -1.62. The summed E-state index contributed by atoms with van der Waals surface area (Å²) in [6.45, 7) is 3.87. The second-order valence-corrected chi connectivity index (χ2v) is 3.34. The number of benzene rings is 1. The molecule has 5 heteroatoms. The van der Waals surface area contributed by atoms with Gasteiger partial charge in [0.15, 0.2) is 5.75 Å². The maximum atomic E-state index is 10.7. The van der Waals surface area contributed by atoms with E-state index in [4.69, 9.17) is 10.5 Å². The molecule has 0 saturated heterocycles. The Morgan fingerprint density at radius 1 is 1.60 bits per heavy atom. The van der Waals surface area contributed by atoms with Crippen LogP contribution in [0.15, 0.2) is 18.2 Å². The number of nitro benzene ring substituents is 1. The Labute approximate surface area is 88.0 Å². The van der Waals surface area contributed by atoms with Gasteiger partial charge in [0.1, 0.15) is 6.10 Å². The maximum Gasteiger partial charge on any atom is 0.311 e. The van der Waals surface area contributed by atoms with Crippen molar-refractivity contribution in [2.75, 3.05) is 6.54 Å². The van der Waals surface area contributed by atoms with Gasteiger partial charge in [0, 0.05) is 12.6 Å². The summed E-state index contributed by atoms with van der Waals surface area (Å²) >= 11 is 0. The van der Waals surface area contributed by atoms with Gasteiger partial charge in [-0.1, -0.05) is 12.1 Å². The van der Waals surface area contributed by atoms with Gasteiger partial charge >= 0.3 is 5.69 Å². The first-order valence-electron chi connectivity index (χ1n) is 4.67. The van der Waals surface area contributed by atoms with Gasteiger partial charge in [0.05, 0.1) is 4.92 Å². The SMILES string of the molecule is Cc1cccc([N+](=O)[O-])c1OC(C)CN. The number of hydrogen-bond acceptors (Lipinski definition) is 4. The fourth-order valence-corrected chi connectivity index (χ4v) is 1.18. The zero-order valence-corrected chi connectivity index (χ0v) is 8.77. The molecule has 0 fully saturated rings. The normalized spacial score (nSPS) is 12.2. The van der Waals surface area contributed by atoms with Crippen molar-refractivity contribution in [3.63, 3.8) is 0 Å². The van der Waals surface area contributed by atoms with Crippen molar-refractivity contribution in [3.8, 4) is 5.75 Å². The van der Waals surface area contributed by atoms with E-state index in [1.54, 1.807) is 26.0 Å². The van der Waals surface area contributed by atoms with E-state index >= 15 is 0 Å². The minimum absolute atomic E-state index is 0.0182. The highest BCUT2D eigenvalue weighted by Gasteiger charge is 2.18. The first kappa shape index (κ1) is 11.5. The predicted molar refractivity (Wildman–Crippen MR) is 57.0 cm³/mol. The number of rotatable bonds is 4. The average molecular weight is 210 g/mol. The zero-order valence-electron chi connectivity index (χ0n) is 8.77. The third kappa shape index (κ3) is 2.66. The molecule has 0 saturated carbocycles. The van der Waals surface area contributed by atoms with Crippen LogP contribution in [0.25, 0.3) is 0 Å². The summed E-state index contributed by atoms with van der Waals surface area (Å²) in [4.78, 5) is 10.3. The fraction of sp³-hybridized carbons (Fsp3) is 0.400. The lowest BCUT2D eigenvalue weighted by Gasteiger charge is -2.14. The molecule has 1 aromatic rings. The van der Waals surface area contributed by atoms with E-state index in [0.717, 1.165) is 5.56 Å². The molecule has 5 nitrogen and oxygen atoms in total. The molecule has 0 aliphatic rings. The van der Waals surface area contributed by atoms with Crippen molar-refractivity contribution >= 4 is 5.69 Å². The number of nitro groups is 1. The van der Waals surface area contributed by atoms with Gasteiger partial charge < -0.3 is 10.5 Å². The molecule has 1 rings (SSSR count). The molecule has 1 unspecified atom stereocenters. The quantitative estimate of drug-likeness (QED) is 0.605. The molecule has 0 aliphatic heterocycles. The first-order valence-corrected chi connectivity index (χ1v) is 4.67. The van der Waals surface area contributed by atoms with Gasteiger partial charge in [-0.25, -0.2) is 0 Å². The molecular weight excluding hydrogens is 196 g/mol. The third-order valence-corrected chi connectivity index (χ3v) is 2.04. The van der Waals surface area contributed by atoms with Gasteiger partial charge in [-0.3, -0.25) is 10.1 Å². The van der Waals surface area contributed by atoms with Crippen LogP contribution in [-0.4, -0.2) is 17.6 Å². The van der Waals surface area contributed by atoms with Crippen LogP contribution in [0.2, 0.25) is 0 Å². The van der Waals surface area contributed by atoms with Crippen molar-refractivity contribution < 1.29 is 9.66 Å². The van der Waals surface area contributed by atoms with Crippen molar-refractivity contribution in [2.24, 2.45) is 5.73 Å². The molecule has 15 heavy (non-hydrogen) atoms. The van der Waals surface area contributed by atoms with E-state index in [0.29, 0.717) is 12.3 Å². The summed E-state index contributed by atoms with van der Waals surface area (Å²) < 4.78 is 5.42. The molecule has 0 heterocycles. The summed E-state index contributed by atoms with van der Waals surface area (Å²) in [5.74, 6) is 0.306. The second kappa shape index (κ2) is 4.75. The molecule has 2 N–H and O–H groups in total. The zero-order chi connectivity index (χ0) is 11.4. The van der Waals surface area contributed by atoms with Crippen LogP contribution >= 0.6 is 0 Å². The minimum Gasteiger partial charge on any atom is -0.482 e. The summed E-state index contributed by atoms with van der Waals surface area (Å²) in [5, 5.41) is 10.7. The summed E-state index contributed by atoms with van der Waals surface area (Å²) in [5.41, 5.74) is 6.12. The molecule has 0 radical (unpaired) electrons. The predicted octanol–water partition coefficient (Wildman–Crippen LogP) is 1.63. The number of aryl methyl sites for hydroxylation is 1. The standard InChI is InChI=1S/C10H14N2O3/c1-7-4-3-5-9(12(13)14)10(7)15-8(2)6-11/h3-5,8H,6,11H2,1-2H3. The Bertz CT molecular complexity index is 366. The largest absolute Gasteiger partial charge is 0.482 e. The monoisotopic (exact) mass is 210 g/mol. The Balaban J connectivity index is 3.07. The highest BCUT2D eigenvalue weighted by molar-refractivity contribution is 5.51. The van der Waals surface area contributed by atoms with Crippen molar-refractivity contribution in [2.45, 2.75) is 20.0 Å². The van der Waals surface area contributed by atoms with Gasteiger partial charge in [-0.15, -0.1) is 0 Å². The second-order valence-electron chi connectivity index (χ2n) is 3.34. The van der Waals surface area contributed by atoms with Crippen LogP contribution in [-0.2, 0) is 0 Å². The van der Waals surface area contributed by atoms with E-state index < -0.39 is 4.92 Å². The first-order chi connectivity index (χ1) is 7.06. The lowest BCUT2D eigenvalue weighted by molar-refractivity contribution is -0.386. The van der Waals surface area contributed by atoms with Crippen LogP contribution < -0.4 is 10.5 Å².